The zero-order chi connectivity index (χ0) is 6.53. The fourth-order valence-corrected chi connectivity index (χ4v) is 2.23. The molecule has 54 valence electrons. The molecule has 0 saturated carbocycles. The molecule has 1 aliphatic rings. The van der Waals surface area contributed by atoms with Crippen molar-refractivity contribution in [3.63, 3.8) is 0 Å². The standard InChI is InChI=1S/C6H13NS2/c8-4-1-7-2-5-9-6-3-7/h8H,1-6H2. The van der Waals surface area contributed by atoms with E-state index in [4.69, 9.17) is 0 Å². The second-order valence-electron chi connectivity index (χ2n) is 2.18. The highest BCUT2D eigenvalue weighted by Gasteiger charge is 2.07. The molecule has 0 radical (unpaired) electrons. The molecule has 0 atom stereocenters. The van der Waals surface area contributed by atoms with Gasteiger partial charge in [-0.15, -0.1) is 0 Å². The van der Waals surface area contributed by atoms with Gasteiger partial charge < -0.3 is 4.90 Å². The molecule has 0 aromatic carbocycles. The fourth-order valence-electron chi connectivity index (χ4n) is 0.966. The summed E-state index contributed by atoms with van der Waals surface area (Å²) in [7, 11) is 0. The molecule has 0 aromatic heterocycles. The van der Waals surface area contributed by atoms with E-state index in [1.54, 1.807) is 0 Å². The Balaban J connectivity index is 2.08. The van der Waals surface area contributed by atoms with Gasteiger partial charge in [-0.2, -0.15) is 24.4 Å². The van der Waals surface area contributed by atoms with Gasteiger partial charge in [0, 0.05) is 36.9 Å². The normalized spacial score (nSPS) is 22.3. The SMILES string of the molecule is SCCN1CCSCC1. The average molecular weight is 163 g/mol. The minimum Gasteiger partial charge on any atom is -0.301 e. The molecule has 0 unspecified atom stereocenters. The maximum atomic E-state index is 4.18. The first kappa shape index (κ1) is 7.76. The summed E-state index contributed by atoms with van der Waals surface area (Å²) in [6.07, 6.45) is 0. The van der Waals surface area contributed by atoms with Crippen LogP contribution in [0.4, 0.5) is 0 Å². The molecular formula is C6H13NS2. The van der Waals surface area contributed by atoms with Crippen molar-refractivity contribution in [3.05, 3.63) is 0 Å². The van der Waals surface area contributed by atoms with Crippen molar-refractivity contribution in [1.82, 2.24) is 4.90 Å². The topological polar surface area (TPSA) is 3.24 Å². The van der Waals surface area contributed by atoms with Crippen LogP contribution in [0.1, 0.15) is 0 Å². The minimum atomic E-state index is 1.00. The Morgan fingerprint density at radius 2 is 2.00 bits per heavy atom. The lowest BCUT2D eigenvalue weighted by Crippen LogP contribution is -2.33. The number of rotatable bonds is 2. The average Bonchev–Trinajstić information content (AvgIpc) is 1.91. The zero-order valence-corrected chi connectivity index (χ0v) is 7.26. The third-order valence-electron chi connectivity index (χ3n) is 1.52. The Bertz CT molecular complexity index is 68.7. The van der Waals surface area contributed by atoms with Crippen molar-refractivity contribution in [2.24, 2.45) is 0 Å². The van der Waals surface area contributed by atoms with Gasteiger partial charge in [0.15, 0.2) is 0 Å². The van der Waals surface area contributed by atoms with Crippen molar-refractivity contribution in [2.75, 3.05) is 36.9 Å². The second kappa shape index (κ2) is 4.47. The van der Waals surface area contributed by atoms with Crippen LogP contribution in [0.25, 0.3) is 0 Å². The Morgan fingerprint density at radius 1 is 1.33 bits per heavy atom. The Morgan fingerprint density at radius 3 is 2.56 bits per heavy atom. The van der Waals surface area contributed by atoms with Crippen LogP contribution in [0.15, 0.2) is 0 Å². The molecule has 1 rings (SSSR count). The van der Waals surface area contributed by atoms with E-state index in [0.717, 1.165) is 5.75 Å². The largest absolute Gasteiger partial charge is 0.301 e. The first-order chi connectivity index (χ1) is 4.43. The predicted octanol–water partition coefficient (Wildman–Crippen LogP) is 0.965. The molecule has 0 N–H and O–H groups in total. The minimum absolute atomic E-state index is 1.00. The van der Waals surface area contributed by atoms with Crippen LogP contribution in [0, 0.1) is 0 Å². The Hall–Kier alpha value is 0.660. The highest BCUT2D eigenvalue weighted by molar-refractivity contribution is 7.99. The molecule has 9 heavy (non-hydrogen) atoms. The van der Waals surface area contributed by atoms with E-state index in [9.17, 15) is 0 Å². The lowest BCUT2D eigenvalue weighted by molar-refractivity contribution is 0.322. The maximum Gasteiger partial charge on any atom is 0.00730 e. The smallest absolute Gasteiger partial charge is 0.00730 e. The van der Waals surface area contributed by atoms with E-state index in [1.165, 1.54) is 31.1 Å². The Kier molecular flexibility index (Phi) is 3.86. The summed E-state index contributed by atoms with van der Waals surface area (Å²) in [5.74, 6) is 3.63. The molecule has 3 heteroatoms. The summed E-state index contributed by atoms with van der Waals surface area (Å²) in [5, 5.41) is 0. The van der Waals surface area contributed by atoms with E-state index in [2.05, 4.69) is 29.3 Å². The van der Waals surface area contributed by atoms with Gasteiger partial charge in [-0.25, -0.2) is 0 Å². The molecule has 0 bridgehead atoms. The predicted molar refractivity (Wildman–Crippen MR) is 47.6 cm³/mol. The molecule has 1 nitrogen and oxygen atoms in total. The number of hydrogen-bond donors (Lipinski definition) is 1. The monoisotopic (exact) mass is 163 g/mol. The van der Waals surface area contributed by atoms with Crippen LogP contribution in [0.3, 0.4) is 0 Å². The molecule has 0 aliphatic carbocycles. The summed E-state index contributed by atoms with van der Waals surface area (Å²) in [6, 6.07) is 0. The summed E-state index contributed by atoms with van der Waals surface area (Å²) in [4.78, 5) is 2.48. The van der Waals surface area contributed by atoms with E-state index in [0.29, 0.717) is 0 Å². The quantitative estimate of drug-likeness (QED) is 0.604. The number of thiol groups is 1. The van der Waals surface area contributed by atoms with Crippen LogP contribution in [-0.4, -0.2) is 41.8 Å². The molecule has 0 spiro atoms. The van der Waals surface area contributed by atoms with Gasteiger partial charge in [0.25, 0.3) is 0 Å². The number of nitrogens with zero attached hydrogens (tertiary/aromatic N) is 1. The zero-order valence-electron chi connectivity index (χ0n) is 5.55. The summed E-state index contributed by atoms with van der Waals surface area (Å²) >= 11 is 6.24. The first-order valence-electron chi connectivity index (χ1n) is 3.34. The maximum absolute atomic E-state index is 4.18. The van der Waals surface area contributed by atoms with Crippen LogP contribution < -0.4 is 0 Å². The van der Waals surface area contributed by atoms with E-state index >= 15 is 0 Å². The van der Waals surface area contributed by atoms with E-state index in [-0.39, 0.29) is 0 Å². The molecule has 1 saturated heterocycles. The van der Waals surface area contributed by atoms with Crippen LogP contribution in [0.5, 0.6) is 0 Å². The molecule has 0 aromatic rings. The lowest BCUT2D eigenvalue weighted by Gasteiger charge is -2.24. The molecular weight excluding hydrogens is 150 g/mol. The second-order valence-corrected chi connectivity index (χ2v) is 3.85. The van der Waals surface area contributed by atoms with Gasteiger partial charge in [-0.05, 0) is 0 Å². The summed E-state index contributed by atoms with van der Waals surface area (Å²) in [5.41, 5.74) is 0. The van der Waals surface area contributed by atoms with E-state index < -0.39 is 0 Å². The third kappa shape index (κ3) is 2.83. The molecule has 1 aliphatic heterocycles. The molecule has 1 fully saturated rings. The number of hydrogen-bond acceptors (Lipinski definition) is 3. The van der Waals surface area contributed by atoms with Crippen molar-refractivity contribution in [1.29, 1.82) is 0 Å². The van der Waals surface area contributed by atoms with Crippen LogP contribution in [-0.2, 0) is 0 Å². The Labute approximate surface area is 66.6 Å². The van der Waals surface area contributed by atoms with Gasteiger partial charge in [-0.3, -0.25) is 0 Å². The summed E-state index contributed by atoms with van der Waals surface area (Å²) < 4.78 is 0. The van der Waals surface area contributed by atoms with Crippen molar-refractivity contribution in [2.45, 2.75) is 0 Å². The van der Waals surface area contributed by atoms with E-state index in [1.807, 2.05) is 0 Å². The summed E-state index contributed by atoms with van der Waals surface area (Å²) in [6.45, 7) is 3.71. The first-order valence-corrected chi connectivity index (χ1v) is 5.13. The van der Waals surface area contributed by atoms with Crippen molar-refractivity contribution < 1.29 is 0 Å². The van der Waals surface area contributed by atoms with Crippen molar-refractivity contribution >= 4 is 24.4 Å². The lowest BCUT2D eigenvalue weighted by atomic mass is 10.5. The van der Waals surface area contributed by atoms with Crippen LogP contribution in [0.2, 0.25) is 0 Å². The highest BCUT2D eigenvalue weighted by Crippen LogP contribution is 2.08. The van der Waals surface area contributed by atoms with Gasteiger partial charge in [0.2, 0.25) is 0 Å². The van der Waals surface area contributed by atoms with Gasteiger partial charge in [-0.1, -0.05) is 0 Å². The third-order valence-corrected chi connectivity index (χ3v) is 2.66. The molecule has 0 amide bonds. The highest BCUT2D eigenvalue weighted by atomic mass is 32.2. The van der Waals surface area contributed by atoms with Crippen molar-refractivity contribution in [3.8, 4) is 0 Å². The van der Waals surface area contributed by atoms with Gasteiger partial charge in [0.1, 0.15) is 0 Å². The van der Waals surface area contributed by atoms with Gasteiger partial charge in [0.05, 0.1) is 0 Å². The molecule has 1 heterocycles. The fraction of sp³-hybridized carbons (Fsp3) is 1.00. The number of thioether (sulfide) groups is 1. The van der Waals surface area contributed by atoms with Crippen LogP contribution >= 0.6 is 24.4 Å². The van der Waals surface area contributed by atoms with Gasteiger partial charge >= 0.3 is 0 Å².